The highest BCUT2D eigenvalue weighted by Crippen LogP contribution is 2.10. The van der Waals surface area contributed by atoms with Crippen molar-refractivity contribution in [1.29, 1.82) is 0 Å². The van der Waals surface area contributed by atoms with Gasteiger partial charge in [0.15, 0.2) is 12.2 Å². The van der Waals surface area contributed by atoms with Gasteiger partial charge in [0.2, 0.25) is 0 Å². The number of hydrogen-bond donors (Lipinski definition) is 0. The van der Waals surface area contributed by atoms with Crippen LogP contribution in [0.4, 0.5) is 0 Å². The summed E-state index contributed by atoms with van der Waals surface area (Å²) in [5.74, 6) is -4.07. The molecule has 0 aliphatic carbocycles. The molecule has 0 saturated heterocycles. The summed E-state index contributed by atoms with van der Waals surface area (Å²) in [5, 5.41) is -0.530. The van der Waals surface area contributed by atoms with Gasteiger partial charge in [-0.1, -0.05) is 48.0 Å². The quantitative estimate of drug-likeness (QED) is 0.288. The Bertz CT molecular complexity index is 656. The smallest absolute Gasteiger partial charge is 0.350 e. The Kier molecular flexibility index (Phi) is 11.4. The standard InChI is InChI=1S/C16H17Cl3O8/c1-8(17)6-24-14(21)10(3)26-13(20)5-12(19)16(23)27-11(4)15(22)25-7-9(2)18/h5,10-11H,1-2,6-7H2,3-4H3/b12-5+/t10-,11+/m1/s1. The maximum atomic E-state index is 11.7. The Labute approximate surface area is 170 Å². The highest BCUT2D eigenvalue weighted by atomic mass is 35.5. The fourth-order valence-electron chi connectivity index (χ4n) is 1.22. The van der Waals surface area contributed by atoms with Gasteiger partial charge in [-0.3, -0.25) is 0 Å². The normalized spacial score (nSPS) is 13.0. The number of esters is 4. The number of hydrogen-bond acceptors (Lipinski definition) is 8. The van der Waals surface area contributed by atoms with Crippen LogP contribution in [0.25, 0.3) is 0 Å². The van der Waals surface area contributed by atoms with Crippen LogP contribution in [-0.4, -0.2) is 49.3 Å². The van der Waals surface area contributed by atoms with Gasteiger partial charge in [-0.05, 0) is 13.8 Å². The molecule has 0 radical (unpaired) electrons. The molecule has 150 valence electrons. The second-order valence-corrected chi connectivity index (χ2v) is 6.35. The highest BCUT2D eigenvalue weighted by Gasteiger charge is 2.23. The van der Waals surface area contributed by atoms with E-state index in [4.69, 9.17) is 44.3 Å². The molecule has 0 fully saturated rings. The van der Waals surface area contributed by atoms with Crippen LogP contribution >= 0.6 is 34.8 Å². The van der Waals surface area contributed by atoms with Gasteiger partial charge in [0.05, 0.1) is 0 Å². The lowest BCUT2D eigenvalue weighted by Crippen LogP contribution is -2.27. The Morgan fingerprint density at radius 2 is 1.26 bits per heavy atom. The van der Waals surface area contributed by atoms with Gasteiger partial charge >= 0.3 is 23.9 Å². The third-order valence-electron chi connectivity index (χ3n) is 2.42. The molecule has 0 aliphatic rings. The lowest BCUT2D eigenvalue weighted by atomic mass is 10.4. The zero-order valence-electron chi connectivity index (χ0n) is 14.5. The van der Waals surface area contributed by atoms with E-state index in [1.807, 2.05) is 0 Å². The van der Waals surface area contributed by atoms with E-state index < -0.39 is 41.1 Å². The molecule has 0 rings (SSSR count). The van der Waals surface area contributed by atoms with Gasteiger partial charge in [-0.25, -0.2) is 19.2 Å². The molecule has 27 heavy (non-hydrogen) atoms. The van der Waals surface area contributed by atoms with E-state index in [0.29, 0.717) is 6.08 Å². The molecular formula is C16H17Cl3O8. The summed E-state index contributed by atoms with van der Waals surface area (Å²) in [7, 11) is 0. The molecule has 0 aliphatic heterocycles. The summed E-state index contributed by atoms with van der Waals surface area (Å²) < 4.78 is 18.8. The predicted molar refractivity (Wildman–Crippen MR) is 96.9 cm³/mol. The van der Waals surface area contributed by atoms with Crippen molar-refractivity contribution < 1.29 is 38.1 Å². The van der Waals surface area contributed by atoms with Crippen molar-refractivity contribution in [2.24, 2.45) is 0 Å². The number of ether oxygens (including phenoxy) is 4. The van der Waals surface area contributed by atoms with E-state index in [2.05, 4.69) is 22.6 Å². The molecule has 0 spiro atoms. The Hall–Kier alpha value is -2.03. The Balaban J connectivity index is 4.59. The van der Waals surface area contributed by atoms with Crippen LogP contribution < -0.4 is 0 Å². The van der Waals surface area contributed by atoms with Crippen LogP contribution in [0.15, 0.2) is 34.3 Å². The summed E-state index contributed by atoms with van der Waals surface area (Å²) >= 11 is 16.5. The van der Waals surface area contributed by atoms with E-state index in [1.165, 1.54) is 13.8 Å². The second-order valence-electron chi connectivity index (χ2n) is 4.87. The molecule has 8 nitrogen and oxygen atoms in total. The van der Waals surface area contributed by atoms with E-state index in [-0.39, 0.29) is 23.3 Å². The van der Waals surface area contributed by atoms with Crippen LogP contribution in [0.1, 0.15) is 13.8 Å². The van der Waals surface area contributed by atoms with Crippen molar-refractivity contribution >= 4 is 58.7 Å². The minimum atomic E-state index is -1.32. The van der Waals surface area contributed by atoms with Gasteiger partial charge in [0, 0.05) is 16.1 Å². The topological polar surface area (TPSA) is 105 Å². The second kappa shape index (κ2) is 12.4. The van der Waals surface area contributed by atoms with Crippen molar-refractivity contribution in [1.82, 2.24) is 0 Å². The fraction of sp³-hybridized carbons (Fsp3) is 0.375. The first-order chi connectivity index (χ1) is 12.4. The van der Waals surface area contributed by atoms with Crippen molar-refractivity contribution in [2.45, 2.75) is 26.1 Å². The van der Waals surface area contributed by atoms with Crippen molar-refractivity contribution in [3.05, 3.63) is 34.3 Å². The minimum Gasteiger partial charge on any atom is -0.457 e. The molecule has 0 N–H and O–H groups in total. The molecule has 0 amide bonds. The van der Waals surface area contributed by atoms with Crippen molar-refractivity contribution in [3.8, 4) is 0 Å². The molecule has 0 bridgehead atoms. The number of carbonyl (C=O) groups is 4. The molecule has 0 heterocycles. The number of carbonyl (C=O) groups excluding carboxylic acids is 4. The van der Waals surface area contributed by atoms with Crippen LogP contribution in [0.3, 0.4) is 0 Å². The molecule has 11 heteroatoms. The van der Waals surface area contributed by atoms with Crippen molar-refractivity contribution in [2.75, 3.05) is 13.2 Å². The largest absolute Gasteiger partial charge is 0.457 e. The molecular weight excluding hydrogens is 427 g/mol. The summed E-state index contributed by atoms with van der Waals surface area (Å²) in [5.41, 5.74) is 0. The molecule has 0 saturated carbocycles. The van der Waals surface area contributed by atoms with Gasteiger partial charge in [0.25, 0.3) is 0 Å². The summed E-state index contributed by atoms with van der Waals surface area (Å²) in [6.45, 7) is 8.59. The van der Waals surface area contributed by atoms with Gasteiger partial charge < -0.3 is 18.9 Å². The maximum Gasteiger partial charge on any atom is 0.350 e. The van der Waals surface area contributed by atoms with Gasteiger partial charge in [-0.15, -0.1) is 0 Å². The average Bonchev–Trinajstić information content (AvgIpc) is 2.56. The Morgan fingerprint density at radius 3 is 1.67 bits per heavy atom. The number of halogens is 3. The van der Waals surface area contributed by atoms with Crippen LogP contribution in [0.5, 0.6) is 0 Å². The third kappa shape index (κ3) is 11.3. The SMILES string of the molecule is C=C(Cl)COC(=O)[C@H](C)OC(=O)/C(Cl)=C\C(=O)O[C@H](C)C(=O)OCC(=C)Cl. The van der Waals surface area contributed by atoms with E-state index in [0.717, 1.165) is 0 Å². The van der Waals surface area contributed by atoms with Crippen molar-refractivity contribution in [3.63, 3.8) is 0 Å². The molecule has 0 aromatic rings. The first kappa shape index (κ1) is 25.0. The monoisotopic (exact) mass is 442 g/mol. The van der Waals surface area contributed by atoms with Crippen LogP contribution in [0, 0.1) is 0 Å². The summed E-state index contributed by atoms with van der Waals surface area (Å²) in [6.07, 6.45) is -2.03. The number of rotatable bonds is 10. The van der Waals surface area contributed by atoms with E-state index in [1.54, 1.807) is 0 Å². The molecule has 0 aromatic carbocycles. The van der Waals surface area contributed by atoms with Gasteiger partial charge in [-0.2, -0.15) is 0 Å². The van der Waals surface area contributed by atoms with Crippen LogP contribution in [0.2, 0.25) is 0 Å². The summed E-state index contributed by atoms with van der Waals surface area (Å²) in [4.78, 5) is 46.4. The molecule has 0 aromatic heterocycles. The molecule has 0 unspecified atom stereocenters. The lowest BCUT2D eigenvalue weighted by molar-refractivity contribution is -0.164. The third-order valence-corrected chi connectivity index (χ3v) is 2.90. The first-order valence-corrected chi connectivity index (χ1v) is 8.36. The average molecular weight is 444 g/mol. The zero-order valence-corrected chi connectivity index (χ0v) is 16.7. The maximum absolute atomic E-state index is 11.7. The fourth-order valence-corrected chi connectivity index (χ4v) is 1.46. The Morgan fingerprint density at radius 1 is 0.852 bits per heavy atom. The van der Waals surface area contributed by atoms with E-state index in [9.17, 15) is 19.2 Å². The summed E-state index contributed by atoms with van der Waals surface area (Å²) in [6, 6.07) is 0. The first-order valence-electron chi connectivity index (χ1n) is 7.22. The van der Waals surface area contributed by atoms with Gasteiger partial charge in [0.1, 0.15) is 18.2 Å². The molecule has 2 atom stereocenters. The highest BCUT2D eigenvalue weighted by molar-refractivity contribution is 6.42. The van der Waals surface area contributed by atoms with Crippen LogP contribution in [-0.2, 0) is 38.1 Å². The van der Waals surface area contributed by atoms with E-state index >= 15 is 0 Å². The predicted octanol–water partition coefficient (Wildman–Crippen LogP) is 2.56. The minimum absolute atomic E-state index is 0.0746. The lowest BCUT2D eigenvalue weighted by Gasteiger charge is -2.13. The zero-order chi connectivity index (χ0) is 21.1.